The average Bonchev–Trinajstić information content (AvgIpc) is 3.45. The van der Waals surface area contributed by atoms with Gasteiger partial charge in [0, 0.05) is 50.7 Å². The van der Waals surface area contributed by atoms with E-state index >= 15 is 0 Å². The minimum absolute atomic E-state index is 0.0282. The summed E-state index contributed by atoms with van der Waals surface area (Å²) in [6.45, 7) is 3.20. The van der Waals surface area contributed by atoms with Crippen LogP contribution in [-0.2, 0) is 12.8 Å². The van der Waals surface area contributed by atoms with Gasteiger partial charge >= 0.3 is 6.01 Å². The Labute approximate surface area is 194 Å². The monoisotopic (exact) mass is 469 g/mol. The van der Waals surface area contributed by atoms with Gasteiger partial charge in [0.15, 0.2) is 11.6 Å². The van der Waals surface area contributed by atoms with Crippen molar-refractivity contribution in [1.82, 2.24) is 25.1 Å². The van der Waals surface area contributed by atoms with Crippen LogP contribution in [0.25, 0.3) is 11.5 Å². The molecule has 2 saturated heterocycles. The van der Waals surface area contributed by atoms with Gasteiger partial charge in [-0.1, -0.05) is 5.10 Å². The van der Waals surface area contributed by atoms with Crippen LogP contribution in [0.4, 0.5) is 20.7 Å². The van der Waals surface area contributed by atoms with Crippen LogP contribution in [-0.4, -0.2) is 74.5 Å². The summed E-state index contributed by atoms with van der Waals surface area (Å²) >= 11 is 0. The molecule has 2 fully saturated rings. The zero-order valence-electron chi connectivity index (χ0n) is 18.5. The number of β-amino-alcohol motifs (C(OH)–C–C–N with tert-alkyl or cyclic N) is 1. The van der Waals surface area contributed by atoms with Gasteiger partial charge < -0.3 is 19.7 Å². The Balaban J connectivity index is 1.05. The third-order valence-corrected chi connectivity index (χ3v) is 6.96. The number of likely N-dealkylation sites (tertiary alicyclic amines) is 1. The van der Waals surface area contributed by atoms with Gasteiger partial charge in [0.05, 0.1) is 11.7 Å². The van der Waals surface area contributed by atoms with Crippen LogP contribution in [0.3, 0.4) is 0 Å². The molecule has 178 valence electrons. The summed E-state index contributed by atoms with van der Waals surface area (Å²) in [5.74, 6) is -0.854. The first-order valence-corrected chi connectivity index (χ1v) is 11.6. The molecule has 0 radical (unpaired) electrons. The molecule has 6 rings (SSSR count). The molecule has 11 heteroatoms. The molecule has 34 heavy (non-hydrogen) atoms. The van der Waals surface area contributed by atoms with Crippen LogP contribution in [0.5, 0.6) is 0 Å². The number of fused-ring (bicyclic) bond motifs is 1. The number of hydrogen-bond donors (Lipinski definition) is 2. The third-order valence-electron chi connectivity index (χ3n) is 6.96. The number of piperidine rings is 1. The average molecular weight is 469 g/mol. The number of nitrogens with one attached hydrogen (secondary N) is 1. The second kappa shape index (κ2) is 8.55. The summed E-state index contributed by atoms with van der Waals surface area (Å²) in [5, 5.41) is 21.1. The smallest absolute Gasteiger partial charge is 0.318 e. The highest BCUT2D eigenvalue weighted by Crippen LogP contribution is 2.28. The van der Waals surface area contributed by atoms with E-state index in [4.69, 9.17) is 4.42 Å². The summed E-state index contributed by atoms with van der Waals surface area (Å²) in [6.07, 6.45) is 6.23. The van der Waals surface area contributed by atoms with Gasteiger partial charge in [-0.05, 0) is 48.9 Å². The normalized spacial score (nSPS) is 19.9. The summed E-state index contributed by atoms with van der Waals surface area (Å²) in [5.41, 5.74) is 2.23. The van der Waals surface area contributed by atoms with Gasteiger partial charge in [-0.15, -0.1) is 5.10 Å². The number of aromatic nitrogens is 4. The van der Waals surface area contributed by atoms with Crippen molar-refractivity contribution in [3.05, 3.63) is 47.3 Å². The lowest BCUT2D eigenvalue weighted by Gasteiger charge is -2.45. The first kappa shape index (κ1) is 21.4. The molecule has 9 nitrogen and oxygen atoms in total. The number of benzene rings is 1. The van der Waals surface area contributed by atoms with E-state index in [-0.39, 0.29) is 12.1 Å². The van der Waals surface area contributed by atoms with E-state index in [0.717, 1.165) is 50.1 Å². The van der Waals surface area contributed by atoms with Crippen molar-refractivity contribution in [2.45, 2.75) is 43.9 Å². The van der Waals surface area contributed by atoms with Crippen molar-refractivity contribution >= 4 is 12.0 Å². The maximum Gasteiger partial charge on any atom is 0.318 e. The SMILES string of the molecule is OC1CN(C2CCN(c3nnc(-c4cnc(NC5Cc6cc(F)c(F)cc6C5)nc4)o3)CC2)C1. The fourth-order valence-corrected chi connectivity index (χ4v) is 5.08. The largest absolute Gasteiger partial charge is 0.403 e. The lowest BCUT2D eigenvalue weighted by atomic mass is 9.99. The van der Waals surface area contributed by atoms with Gasteiger partial charge in [-0.3, -0.25) is 4.90 Å². The third kappa shape index (κ3) is 4.09. The molecule has 3 aliphatic rings. The Bertz CT molecular complexity index is 1140. The van der Waals surface area contributed by atoms with E-state index in [9.17, 15) is 13.9 Å². The van der Waals surface area contributed by atoms with Crippen molar-refractivity contribution < 1.29 is 18.3 Å². The van der Waals surface area contributed by atoms with Crippen molar-refractivity contribution in [2.75, 3.05) is 36.4 Å². The Morgan fingerprint density at radius 2 is 1.62 bits per heavy atom. The lowest BCUT2D eigenvalue weighted by molar-refractivity contribution is -0.0302. The molecule has 1 aromatic carbocycles. The molecule has 0 spiro atoms. The van der Waals surface area contributed by atoms with Crippen molar-refractivity contribution in [2.24, 2.45) is 0 Å². The van der Waals surface area contributed by atoms with Crippen LogP contribution < -0.4 is 10.2 Å². The van der Waals surface area contributed by atoms with E-state index in [1.165, 1.54) is 12.1 Å². The van der Waals surface area contributed by atoms with E-state index in [1.54, 1.807) is 12.4 Å². The highest BCUT2D eigenvalue weighted by Gasteiger charge is 2.34. The number of nitrogens with zero attached hydrogens (tertiary/aromatic N) is 6. The van der Waals surface area contributed by atoms with Crippen LogP contribution in [0.2, 0.25) is 0 Å². The van der Waals surface area contributed by atoms with Crippen LogP contribution in [0, 0.1) is 11.6 Å². The second-order valence-electron chi connectivity index (χ2n) is 9.30. The van der Waals surface area contributed by atoms with E-state index in [0.29, 0.717) is 42.3 Å². The Hall–Kier alpha value is -3.18. The lowest BCUT2D eigenvalue weighted by Crippen LogP contribution is -2.57. The molecule has 2 N–H and O–H groups in total. The topological polar surface area (TPSA) is 103 Å². The molecule has 0 atom stereocenters. The minimum atomic E-state index is -0.820. The standard InChI is InChI=1S/C23H25F2N7O2/c24-19-7-13-5-16(6-14(13)8-20(19)25)28-22-26-9-15(10-27-22)21-29-30-23(34-21)31-3-1-17(2-4-31)32-11-18(33)12-32/h7-10,16-18,33H,1-6,11-12H2,(H,26,27,28). The number of aliphatic hydroxyl groups is 1. The van der Waals surface area contributed by atoms with Gasteiger partial charge in [0.1, 0.15) is 0 Å². The summed E-state index contributed by atoms with van der Waals surface area (Å²) in [6, 6.07) is 3.49. The van der Waals surface area contributed by atoms with Gasteiger partial charge in [0.2, 0.25) is 5.95 Å². The summed E-state index contributed by atoms with van der Waals surface area (Å²) in [4.78, 5) is 13.1. The predicted molar refractivity (Wildman–Crippen MR) is 119 cm³/mol. The second-order valence-corrected chi connectivity index (χ2v) is 9.30. The number of aliphatic hydroxyl groups excluding tert-OH is 1. The summed E-state index contributed by atoms with van der Waals surface area (Å²) < 4.78 is 32.8. The number of halogens is 2. The predicted octanol–water partition coefficient (Wildman–Crippen LogP) is 2.03. The highest BCUT2D eigenvalue weighted by atomic mass is 19.2. The Morgan fingerprint density at radius 3 is 2.24 bits per heavy atom. The summed E-state index contributed by atoms with van der Waals surface area (Å²) in [7, 11) is 0. The van der Waals surface area contributed by atoms with E-state index in [1.807, 2.05) is 0 Å². The molecule has 2 aromatic heterocycles. The maximum absolute atomic E-state index is 13.5. The van der Waals surface area contributed by atoms with E-state index < -0.39 is 11.6 Å². The van der Waals surface area contributed by atoms with Crippen LogP contribution >= 0.6 is 0 Å². The first-order valence-electron chi connectivity index (χ1n) is 11.6. The van der Waals surface area contributed by atoms with Crippen LogP contribution in [0.1, 0.15) is 24.0 Å². The Kier molecular flexibility index (Phi) is 5.37. The number of hydrogen-bond acceptors (Lipinski definition) is 9. The zero-order valence-corrected chi connectivity index (χ0v) is 18.5. The first-order chi connectivity index (χ1) is 16.5. The van der Waals surface area contributed by atoms with Gasteiger partial charge in [0.25, 0.3) is 5.89 Å². The molecule has 2 aliphatic heterocycles. The molecule has 4 heterocycles. The van der Waals surface area contributed by atoms with E-state index in [2.05, 4.69) is 35.3 Å². The minimum Gasteiger partial charge on any atom is -0.403 e. The molecule has 3 aromatic rings. The molecule has 0 bridgehead atoms. The number of rotatable bonds is 5. The van der Waals surface area contributed by atoms with Crippen LogP contribution in [0.15, 0.2) is 28.9 Å². The zero-order chi connectivity index (χ0) is 23.2. The van der Waals surface area contributed by atoms with Crippen molar-refractivity contribution in [1.29, 1.82) is 0 Å². The van der Waals surface area contributed by atoms with Gasteiger partial charge in [-0.2, -0.15) is 0 Å². The fraction of sp³-hybridized carbons (Fsp3) is 0.478. The number of anilines is 2. The molecule has 0 saturated carbocycles. The fourth-order valence-electron chi connectivity index (χ4n) is 5.08. The molecule has 0 amide bonds. The van der Waals surface area contributed by atoms with Gasteiger partial charge in [-0.25, -0.2) is 18.7 Å². The molecular weight excluding hydrogens is 444 g/mol. The van der Waals surface area contributed by atoms with Crippen molar-refractivity contribution in [3.63, 3.8) is 0 Å². The quantitative estimate of drug-likeness (QED) is 0.581. The molecule has 0 unspecified atom stereocenters. The maximum atomic E-state index is 13.5. The molecule has 1 aliphatic carbocycles. The van der Waals surface area contributed by atoms with Crippen molar-refractivity contribution in [3.8, 4) is 11.5 Å². The highest BCUT2D eigenvalue weighted by molar-refractivity contribution is 5.52. The molecular formula is C23H25F2N7O2. The Morgan fingerprint density at radius 1 is 0.971 bits per heavy atom.